The summed E-state index contributed by atoms with van der Waals surface area (Å²) in [6.45, 7) is 0. The van der Waals surface area contributed by atoms with Crippen molar-refractivity contribution in [1.82, 2.24) is 0 Å². The van der Waals surface area contributed by atoms with Crippen LogP contribution in [-0.2, 0) is 9.53 Å². The van der Waals surface area contributed by atoms with E-state index in [1.807, 2.05) is 0 Å². The van der Waals surface area contributed by atoms with Gasteiger partial charge in [-0.2, -0.15) is 0 Å². The zero-order valence-corrected chi connectivity index (χ0v) is 11.6. The Balaban J connectivity index is 2.66. The van der Waals surface area contributed by atoms with Gasteiger partial charge in [-0.25, -0.2) is 0 Å². The highest BCUT2D eigenvalue weighted by molar-refractivity contribution is 6.64. The number of fused-ring (bicyclic) bond motifs is 1. The van der Waals surface area contributed by atoms with Gasteiger partial charge in [0.2, 0.25) is 5.78 Å². The van der Waals surface area contributed by atoms with Crippen LogP contribution in [0.15, 0.2) is 10.1 Å². The Morgan fingerprint density at radius 2 is 1.69 bits per heavy atom. The molecule has 0 radical (unpaired) electrons. The number of aliphatic hydroxyl groups is 1. The number of rotatable bonds is 0. The van der Waals surface area contributed by atoms with E-state index in [9.17, 15) is 9.90 Å². The van der Waals surface area contributed by atoms with Gasteiger partial charge in [0.1, 0.15) is 0 Å². The molecule has 1 N–H and O–H groups in total. The van der Waals surface area contributed by atoms with Crippen LogP contribution >= 0.6 is 69.6 Å². The predicted molar refractivity (Wildman–Crippen MR) is 62.4 cm³/mol. The number of allylic oxidation sites excluding steroid dienone is 1. The summed E-state index contributed by atoms with van der Waals surface area (Å²) in [7, 11) is 0. The van der Waals surface area contributed by atoms with Crippen molar-refractivity contribution in [2.75, 3.05) is 0 Å². The standard InChI is InChI=1S/C7H2Cl6O3/c8-1-2(9)6(12)5(1,11)3(14)4(10)16-7(6,13)15/h4,15H/t4-,5+,6+,7-/m0/s1. The molecule has 16 heavy (non-hydrogen) atoms. The maximum Gasteiger partial charge on any atom is 0.275 e. The first kappa shape index (κ1) is 13.5. The molecule has 90 valence electrons. The summed E-state index contributed by atoms with van der Waals surface area (Å²) in [5.41, 5.74) is -1.56. The van der Waals surface area contributed by atoms with Gasteiger partial charge < -0.3 is 9.84 Å². The minimum Gasteiger partial charge on any atom is -0.351 e. The average Bonchev–Trinajstić information content (AvgIpc) is 2.21. The smallest absolute Gasteiger partial charge is 0.275 e. The Hall–Kier alpha value is 1.07. The molecule has 3 nitrogen and oxygen atoms in total. The van der Waals surface area contributed by atoms with Gasteiger partial charge in [0.25, 0.3) is 5.25 Å². The van der Waals surface area contributed by atoms with Crippen LogP contribution in [0, 0.1) is 0 Å². The van der Waals surface area contributed by atoms with E-state index < -0.39 is 26.3 Å². The Morgan fingerprint density at radius 3 is 2.19 bits per heavy atom. The van der Waals surface area contributed by atoms with Gasteiger partial charge >= 0.3 is 0 Å². The van der Waals surface area contributed by atoms with Gasteiger partial charge in [-0.05, 0) is 0 Å². The predicted octanol–water partition coefficient (Wildman–Crippen LogP) is 2.69. The second-order valence-electron chi connectivity index (χ2n) is 3.30. The van der Waals surface area contributed by atoms with Crippen LogP contribution < -0.4 is 0 Å². The van der Waals surface area contributed by atoms with Gasteiger partial charge in [0.05, 0.1) is 10.1 Å². The number of ether oxygens (including phenoxy) is 1. The molecule has 1 heterocycles. The van der Waals surface area contributed by atoms with Gasteiger partial charge in [-0.3, -0.25) is 4.79 Å². The average molecular weight is 347 g/mol. The molecule has 0 bridgehead atoms. The van der Waals surface area contributed by atoms with Crippen molar-refractivity contribution in [1.29, 1.82) is 0 Å². The lowest BCUT2D eigenvalue weighted by Crippen LogP contribution is -2.75. The molecule has 1 aliphatic heterocycles. The normalized spacial score (nSPS) is 52.4. The summed E-state index contributed by atoms with van der Waals surface area (Å²) >= 11 is 34.5. The quantitative estimate of drug-likeness (QED) is 0.686. The molecule has 1 aliphatic carbocycles. The molecular weight excluding hydrogens is 345 g/mol. The summed E-state index contributed by atoms with van der Waals surface area (Å²) in [4.78, 5) is 7.71. The molecule has 0 saturated carbocycles. The lowest BCUT2D eigenvalue weighted by molar-refractivity contribution is -0.200. The summed E-state index contributed by atoms with van der Waals surface area (Å²) < 4.78 is 4.65. The SMILES string of the molecule is O=C1[C@@H](Cl)O[C@](O)(Cl)[C@@]2(Cl)C(Cl)=C(Cl)[C@@]12Cl. The van der Waals surface area contributed by atoms with Crippen molar-refractivity contribution >= 4 is 75.4 Å². The molecule has 2 aliphatic rings. The fourth-order valence-electron chi connectivity index (χ4n) is 1.60. The van der Waals surface area contributed by atoms with E-state index in [-0.39, 0.29) is 10.1 Å². The minimum absolute atomic E-state index is 0.219. The van der Waals surface area contributed by atoms with Crippen molar-refractivity contribution in [3.05, 3.63) is 10.1 Å². The van der Waals surface area contributed by atoms with Crippen LogP contribution in [0.4, 0.5) is 0 Å². The van der Waals surface area contributed by atoms with Crippen LogP contribution in [0.5, 0.6) is 0 Å². The van der Waals surface area contributed by atoms with Gasteiger partial charge in [-0.15, -0.1) is 23.2 Å². The van der Waals surface area contributed by atoms with E-state index in [0.29, 0.717) is 0 Å². The highest BCUT2D eigenvalue weighted by atomic mass is 35.5. The Morgan fingerprint density at radius 1 is 1.19 bits per heavy atom. The number of Topliss-reactive ketones (excluding diaryl/α,β-unsaturated/α-hetero) is 1. The third kappa shape index (κ3) is 1.19. The summed E-state index contributed by atoms with van der Waals surface area (Å²) in [6, 6.07) is 0. The zero-order valence-electron chi connectivity index (χ0n) is 7.11. The molecule has 0 aromatic rings. The Bertz CT molecular complexity index is 420. The van der Waals surface area contributed by atoms with E-state index in [0.717, 1.165) is 0 Å². The number of halogens is 6. The number of ketones is 1. The van der Waals surface area contributed by atoms with Gasteiger partial charge in [0.15, 0.2) is 15.3 Å². The van der Waals surface area contributed by atoms with Crippen molar-refractivity contribution in [3.8, 4) is 0 Å². The monoisotopic (exact) mass is 344 g/mol. The number of carbonyl (C=O) groups is 1. The van der Waals surface area contributed by atoms with Crippen molar-refractivity contribution in [2.24, 2.45) is 0 Å². The molecule has 0 aromatic heterocycles. The van der Waals surface area contributed by atoms with Crippen LogP contribution in [-0.4, -0.2) is 31.4 Å². The second kappa shape index (κ2) is 3.55. The Labute approximate surface area is 120 Å². The van der Waals surface area contributed by atoms with E-state index >= 15 is 0 Å². The first-order valence-corrected chi connectivity index (χ1v) is 6.15. The first-order chi connectivity index (χ1) is 7.10. The number of hydrogen-bond donors (Lipinski definition) is 1. The first-order valence-electron chi connectivity index (χ1n) is 3.82. The molecule has 0 aromatic carbocycles. The summed E-state index contributed by atoms with van der Waals surface area (Å²) in [5.74, 6) is -0.828. The number of carbonyl (C=O) groups excluding carboxylic acids is 1. The van der Waals surface area contributed by atoms with Crippen molar-refractivity contribution in [2.45, 2.75) is 20.6 Å². The number of alkyl halides is 4. The molecular formula is C7H2Cl6O3. The van der Waals surface area contributed by atoms with Crippen LogP contribution in [0.1, 0.15) is 0 Å². The minimum atomic E-state index is -2.52. The van der Waals surface area contributed by atoms with E-state index in [1.54, 1.807) is 0 Å². The topological polar surface area (TPSA) is 46.5 Å². The van der Waals surface area contributed by atoms with Crippen molar-refractivity contribution in [3.63, 3.8) is 0 Å². The lowest BCUT2D eigenvalue weighted by atomic mass is 9.74. The third-order valence-corrected chi connectivity index (χ3v) is 5.98. The molecule has 9 heteroatoms. The largest absolute Gasteiger partial charge is 0.351 e. The van der Waals surface area contributed by atoms with Crippen molar-refractivity contribution < 1.29 is 14.6 Å². The zero-order chi connectivity index (χ0) is 12.5. The van der Waals surface area contributed by atoms with Gasteiger partial charge in [0, 0.05) is 0 Å². The summed E-state index contributed by atoms with van der Waals surface area (Å²) in [5, 5.41) is 6.79. The maximum absolute atomic E-state index is 11.7. The summed E-state index contributed by atoms with van der Waals surface area (Å²) in [6.07, 6.45) is 0. The van der Waals surface area contributed by atoms with E-state index in [2.05, 4.69) is 4.74 Å². The molecule has 0 unspecified atom stereocenters. The highest BCUT2D eigenvalue weighted by Gasteiger charge is 2.80. The van der Waals surface area contributed by atoms with E-state index in [1.165, 1.54) is 0 Å². The fourth-order valence-corrected chi connectivity index (χ4v) is 4.14. The molecule has 0 spiro atoms. The molecule has 1 fully saturated rings. The van der Waals surface area contributed by atoms with Crippen LogP contribution in [0.2, 0.25) is 0 Å². The number of hydrogen-bond acceptors (Lipinski definition) is 3. The van der Waals surface area contributed by atoms with Crippen LogP contribution in [0.25, 0.3) is 0 Å². The molecule has 4 atom stereocenters. The second-order valence-corrected chi connectivity index (χ2v) is 6.10. The molecule has 1 saturated heterocycles. The van der Waals surface area contributed by atoms with Gasteiger partial charge in [-0.1, -0.05) is 46.4 Å². The third-order valence-electron chi connectivity index (χ3n) is 2.50. The fraction of sp³-hybridized carbons (Fsp3) is 0.571. The highest BCUT2D eigenvalue weighted by Crippen LogP contribution is 2.67. The Kier molecular flexibility index (Phi) is 2.99. The maximum atomic E-state index is 11.7. The molecule has 0 amide bonds. The van der Waals surface area contributed by atoms with E-state index in [4.69, 9.17) is 69.6 Å². The lowest BCUT2D eigenvalue weighted by Gasteiger charge is -2.57. The molecule has 2 rings (SSSR count). The van der Waals surface area contributed by atoms with Crippen LogP contribution in [0.3, 0.4) is 0 Å².